The van der Waals surface area contributed by atoms with E-state index in [1.54, 1.807) is 6.07 Å². The molecule has 0 unspecified atom stereocenters. The maximum absolute atomic E-state index is 10.8. The molecule has 0 aromatic carbocycles. The van der Waals surface area contributed by atoms with Gasteiger partial charge >= 0.3 is 6.09 Å². The Labute approximate surface area is 88.4 Å². The van der Waals surface area contributed by atoms with Crippen molar-refractivity contribution < 1.29 is 9.53 Å². The number of halogens is 2. The van der Waals surface area contributed by atoms with Crippen LogP contribution in [0.4, 0.5) is 10.5 Å². The monoisotopic (exact) mass is 264 g/mol. The van der Waals surface area contributed by atoms with E-state index in [-0.39, 0.29) is 5.15 Å². The number of hydrogen-bond donors (Lipinski definition) is 1. The Kier molecular flexibility index (Phi) is 3.50. The number of pyridine rings is 1. The lowest BCUT2D eigenvalue weighted by molar-refractivity contribution is 0.187. The average Bonchev–Trinajstić information content (AvgIpc) is 2.11. The molecule has 1 heterocycles. The fraction of sp³-hybridized carbons (Fsp3) is 0.143. The molecule has 1 amide bonds. The lowest BCUT2D eigenvalue weighted by atomic mass is 10.4. The summed E-state index contributed by atoms with van der Waals surface area (Å²) in [5, 5.41) is 2.63. The van der Waals surface area contributed by atoms with E-state index < -0.39 is 6.09 Å². The number of methoxy groups -OCH3 is 1. The van der Waals surface area contributed by atoms with Crippen LogP contribution in [0.5, 0.6) is 0 Å². The zero-order valence-electron chi connectivity index (χ0n) is 6.67. The van der Waals surface area contributed by atoms with Crippen molar-refractivity contribution in [2.75, 3.05) is 12.4 Å². The van der Waals surface area contributed by atoms with E-state index in [0.717, 1.165) is 4.47 Å². The molecule has 13 heavy (non-hydrogen) atoms. The summed E-state index contributed by atoms with van der Waals surface area (Å²) in [7, 11) is 1.27. The molecule has 0 atom stereocenters. The third-order valence-electron chi connectivity index (χ3n) is 1.23. The van der Waals surface area contributed by atoms with Gasteiger partial charge in [0.1, 0.15) is 0 Å². The first kappa shape index (κ1) is 10.3. The SMILES string of the molecule is COC(=O)Nc1cc(Br)cnc1Cl. The van der Waals surface area contributed by atoms with Crippen LogP contribution in [-0.4, -0.2) is 18.2 Å². The third-order valence-corrected chi connectivity index (χ3v) is 1.96. The van der Waals surface area contributed by atoms with Gasteiger partial charge in [-0.15, -0.1) is 0 Å². The number of nitrogens with zero attached hydrogens (tertiary/aromatic N) is 1. The number of aromatic nitrogens is 1. The molecular formula is C7H6BrClN2O2. The second kappa shape index (κ2) is 4.43. The molecular weight excluding hydrogens is 259 g/mol. The van der Waals surface area contributed by atoms with Gasteiger partial charge in [0, 0.05) is 10.7 Å². The minimum Gasteiger partial charge on any atom is -0.453 e. The second-order valence-electron chi connectivity index (χ2n) is 2.11. The van der Waals surface area contributed by atoms with Crippen LogP contribution in [0.1, 0.15) is 0 Å². The summed E-state index contributed by atoms with van der Waals surface area (Å²) in [6.45, 7) is 0. The fourth-order valence-corrected chi connectivity index (χ4v) is 1.15. The first-order valence-corrected chi connectivity index (χ1v) is 4.46. The van der Waals surface area contributed by atoms with E-state index in [0.29, 0.717) is 5.69 Å². The Morgan fingerprint density at radius 2 is 2.46 bits per heavy atom. The minimum atomic E-state index is -0.582. The maximum atomic E-state index is 10.8. The summed E-state index contributed by atoms with van der Waals surface area (Å²) >= 11 is 8.89. The number of carbonyl (C=O) groups is 1. The number of anilines is 1. The van der Waals surface area contributed by atoms with Crippen molar-refractivity contribution in [1.82, 2.24) is 4.98 Å². The molecule has 0 saturated heterocycles. The normalized spacial score (nSPS) is 9.46. The Hall–Kier alpha value is -0.810. The average molecular weight is 265 g/mol. The highest BCUT2D eigenvalue weighted by Crippen LogP contribution is 2.22. The molecule has 1 aromatic rings. The Balaban J connectivity index is 2.87. The third kappa shape index (κ3) is 2.86. The van der Waals surface area contributed by atoms with Crippen molar-refractivity contribution in [3.63, 3.8) is 0 Å². The van der Waals surface area contributed by atoms with Crippen LogP contribution < -0.4 is 5.32 Å². The highest BCUT2D eigenvalue weighted by molar-refractivity contribution is 9.10. The Bertz CT molecular complexity index is 332. The van der Waals surface area contributed by atoms with Gasteiger partial charge in [-0.25, -0.2) is 9.78 Å². The van der Waals surface area contributed by atoms with E-state index in [4.69, 9.17) is 11.6 Å². The largest absolute Gasteiger partial charge is 0.453 e. The number of ether oxygens (including phenoxy) is 1. The van der Waals surface area contributed by atoms with Crippen molar-refractivity contribution >= 4 is 39.3 Å². The first-order chi connectivity index (χ1) is 6.13. The van der Waals surface area contributed by atoms with Crippen LogP contribution in [0.2, 0.25) is 5.15 Å². The molecule has 1 aromatic heterocycles. The molecule has 70 valence electrons. The van der Waals surface area contributed by atoms with Crippen molar-refractivity contribution in [3.8, 4) is 0 Å². The number of amides is 1. The molecule has 4 nitrogen and oxygen atoms in total. The summed E-state index contributed by atoms with van der Waals surface area (Å²) in [4.78, 5) is 14.6. The molecule has 0 aliphatic carbocycles. The van der Waals surface area contributed by atoms with Crippen molar-refractivity contribution in [1.29, 1.82) is 0 Å². The topological polar surface area (TPSA) is 51.2 Å². The van der Waals surface area contributed by atoms with Crippen LogP contribution in [0.15, 0.2) is 16.7 Å². The fourth-order valence-electron chi connectivity index (χ4n) is 0.671. The molecule has 0 fully saturated rings. The molecule has 1 rings (SSSR count). The number of hydrogen-bond acceptors (Lipinski definition) is 3. The van der Waals surface area contributed by atoms with Crippen molar-refractivity contribution in [2.24, 2.45) is 0 Å². The van der Waals surface area contributed by atoms with Crippen LogP contribution in [0, 0.1) is 0 Å². The number of rotatable bonds is 1. The van der Waals surface area contributed by atoms with Crippen LogP contribution >= 0.6 is 27.5 Å². The van der Waals surface area contributed by atoms with Gasteiger partial charge < -0.3 is 4.74 Å². The lowest BCUT2D eigenvalue weighted by Gasteiger charge is -2.04. The van der Waals surface area contributed by atoms with Gasteiger partial charge in [-0.05, 0) is 22.0 Å². The minimum absolute atomic E-state index is 0.216. The quantitative estimate of drug-likeness (QED) is 0.794. The van der Waals surface area contributed by atoms with Crippen molar-refractivity contribution in [3.05, 3.63) is 21.9 Å². The molecule has 0 saturated carbocycles. The molecule has 0 spiro atoms. The number of nitrogens with one attached hydrogen (secondary N) is 1. The molecule has 1 N–H and O–H groups in total. The van der Waals surface area contributed by atoms with E-state index >= 15 is 0 Å². The molecule has 6 heteroatoms. The second-order valence-corrected chi connectivity index (χ2v) is 3.38. The molecule has 0 aliphatic rings. The lowest BCUT2D eigenvalue weighted by Crippen LogP contribution is -2.11. The zero-order valence-corrected chi connectivity index (χ0v) is 9.02. The van der Waals surface area contributed by atoms with Crippen LogP contribution in [-0.2, 0) is 4.74 Å². The summed E-state index contributed by atoms with van der Waals surface area (Å²) in [5.74, 6) is 0. The van der Waals surface area contributed by atoms with Gasteiger partial charge in [-0.3, -0.25) is 5.32 Å². The molecule has 0 bridgehead atoms. The highest BCUT2D eigenvalue weighted by atomic mass is 79.9. The van der Waals surface area contributed by atoms with Crippen LogP contribution in [0.25, 0.3) is 0 Å². The summed E-state index contributed by atoms with van der Waals surface area (Å²) in [6.07, 6.45) is 0.951. The predicted octanol–water partition coefficient (Wildman–Crippen LogP) is 2.68. The van der Waals surface area contributed by atoms with E-state index in [2.05, 4.69) is 31.0 Å². The van der Waals surface area contributed by atoms with Gasteiger partial charge in [0.25, 0.3) is 0 Å². The van der Waals surface area contributed by atoms with Gasteiger partial charge in [0.2, 0.25) is 0 Å². The number of carbonyl (C=O) groups excluding carboxylic acids is 1. The van der Waals surface area contributed by atoms with Gasteiger partial charge in [0.15, 0.2) is 5.15 Å². The van der Waals surface area contributed by atoms with E-state index in [9.17, 15) is 4.79 Å². The van der Waals surface area contributed by atoms with E-state index in [1.807, 2.05) is 0 Å². The summed E-state index contributed by atoms with van der Waals surface area (Å²) < 4.78 is 5.12. The smallest absolute Gasteiger partial charge is 0.411 e. The summed E-state index contributed by atoms with van der Waals surface area (Å²) in [5.41, 5.74) is 0.405. The first-order valence-electron chi connectivity index (χ1n) is 3.29. The van der Waals surface area contributed by atoms with Crippen molar-refractivity contribution in [2.45, 2.75) is 0 Å². The van der Waals surface area contributed by atoms with Gasteiger partial charge in [-0.2, -0.15) is 0 Å². The van der Waals surface area contributed by atoms with E-state index in [1.165, 1.54) is 13.3 Å². The van der Waals surface area contributed by atoms with Gasteiger partial charge in [-0.1, -0.05) is 11.6 Å². The predicted molar refractivity (Wildman–Crippen MR) is 53.0 cm³/mol. The Morgan fingerprint density at radius 3 is 3.08 bits per heavy atom. The zero-order chi connectivity index (χ0) is 9.84. The maximum Gasteiger partial charge on any atom is 0.411 e. The summed E-state index contributed by atoms with van der Waals surface area (Å²) in [6, 6.07) is 1.63. The molecule has 0 radical (unpaired) electrons. The van der Waals surface area contributed by atoms with Gasteiger partial charge in [0.05, 0.1) is 12.8 Å². The van der Waals surface area contributed by atoms with Crippen LogP contribution in [0.3, 0.4) is 0 Å². The highest BCUT2D eigenvalue weighted by Gasteiger charge is 2.06. The molecule has 0 aliphatic heterocycles. The Morgan fingerprint density at radius 1 is 1.77 bits per heavy atom. The standard InChI is InChI=1S/C7H6BrClN2O2/c1-13-7(12)11-5-2-4(8)3-10-6(5)9/h2-3H,1H3,(H,11,12).